The Morgan fingerprint density at radius 1 is 1.43 bits per heavy atom. The predicted molar refractivity (Wildman–Crippen MR) is 86.2 cm³/mol. The van der Waals surface area contributed by atoms with Crippen LogP contribution in [0.4, 0.5) is 4.39 Å². The summed E-state index contributed by atoms with van der Waals surface area (Å²) in [4.78, 5) is 14.6. The van der Waals surface area contributed by atoms with Crippen LogP contribution in [-0.4, -0.2) is 47.3 Å². The molecular weight excluding hydrogens is 295 g/mol. The van der Waals surface area contributed by atoms with Crippen molar-refractivity contribution in [2.75, 3.05) is 26.7 Å². The highest BCUT2D eigenvalue weighted by molar-refractivity contribution is 5.95. The number of carbonyl (C=O) groups is 1. The third-order valence-electron chi connectivity index (χ3n) is 4.39. The van der Waals surface area contributed by atoms with Gasteiger partial charge in [-0.15, -0.1) is 0 Å². The van der Waals surface area contributed by atoms with E-state index in [0.717, 1.165) is 26.1 Å². The van der Waals surface area contributed by atoms with Gasteiger partial charge in [-0.3, -0.25) is 4.79 Å². The van der Waals surface area contributed by atoms with Gasteiger partial charge in [0.25, 0.3) is 5.91 Å². The van der Waals surface area contributed by atoms with Crippen molar-refractivity contribution in [3.8, 4) is 5.69 Å². The van der Waals surface area contributed by atoms with Crippen LogP contribution in [0.15, 0.2) is 30.5 Å². The van der Waals surface area contributed by atoms with Crippen LogP contribution in [0.2, 0.25) is 0 Å². The van der Waals surface area contributed by atoms with Crippen molar-refractivity contribution in [1.82, 2.24) is 20.0 Å². The van der Waals surface area contributed by atoms with Crippen molar-refractivity contribution < 1.29 is 9.18 Å². The smallest absolute Gasteiger partial charge is 0.257 e. The molecule has 1 saturated heterocycles. The van der Waals surface area contributed by atoms with Crippen LogP contribution in [0.1, 0.15) is 22.5 Å². The summed E-state index contributed by atoms with van der Waals surface area (Å²) >= 11 is 0. The van der Waals surface area contributed by atoms with Gasteiger partial charge in [-0.25, -0.2) is 9.07 Å². The fraction of sp³-hybridized carbons (Fsp3) is 0.412. The van der Waals surface area contributed by atoms with Gasteiger partial charge in [-0.05, 0) is 45.0 Å². The summed E-state index contributed by atoms with van der Waals surface area (Å²) in [6.45, 7) is 4.23. The molecule has 0 radical (unpaired) electrons. The van der Waals surface area contributed by atoms with Crippen LogP contribution in [0.3, 0.4) is 0 Å². The van der Waals surface area contributed by atoms with Crippen molar-refractivity contribution in [1.29, 1.82) is 0 Å². The third-order valence-corrected chi connectivity index (χ3v) is 4.39. The van der Waals surface area contributed by atoms with E-state index in [1.54, 1.807) is 25.1 Å². The summed E-state index contributed by atoms with van der Waals surface area (Å²) in [6, 6.07) is 6.43. The molecule has 2 heterocycles. The van der Waals surface area contributed by atoms with Gasteiger partial charge in [0.2, 0.25) is 0 Å². The topological polar surface area (TPSA) is 50.2 Å². The number of benzene rings is 1. The van der Waals surface area contributed by atoms with Gasteiger partial charge < -0.3 is 10.2 Å². The largest absolute Gasteiger partial charge is 0.338 e. The molecule has 0 bridgehead atoms. The first kappa shape index (κ1) is 15.7. The lowest BCUT2D eigenvalue weighted by Crippen LogP contribution is -2.30. The van der Waals surface area contributed by atoms with Gasteiger partial charge in [0.15, 0.2) is 0 Å². The van der Waals surface area contributed by atoms with Crippen molar-refractivity contribution in [2.45, 2.75) is 13.3 Å². The summed E-state index contributed by atoms with van der Waals surface area (Å²) in [5, 5.41) is 7.37. The number of halogens is 1. The molecule has 1 aromatic carbocycles. The van der Waals surface area contributed by atoms with E-state index in [-0.39, 0.29) is 11.7 Å². The number of rotatable bonds is 4. The van der Waals surface area contributed by atoms with Gasteiger partial charge in [0.05, 0.1) is 17.5 Å². The normalized spacial score (nSPS) is 17.7. The molecule has 122 valence electrons. The number of carbonyl (C=O) groups excluding carboxylic acids is 1. The highest BCUT2D eigenvalue weighted by atomic mass is 19.1. The monoisotopic (exact) mass is 316 g/mol. The quantitative estimate of drug-likeness (QED) is 0.938. The van der Waals surface area contributed by atoms with Gasteiger partial charge >= 0.3 is 0 Å². The molecule has 3 rings (SSSR count). The van der Waals surface area contributed by atoms with Crippen LogP contribution in [-0.2, 0) is 0 Å². The lowest BCUT2D eigenvalue weighted by Gasteiger charge is -2.16. The standard InChI is InChI=1S/C17H21FN4O/c1-12-14(17(23)21-8-7-13(11-21)9-19-2)10-20-22(12)16-6-4-3-5-15(16)18/h3-6,10,13,19H,7-9,11H2,1-2H3. The van der Waals surface area contributed by atoms with Gasteiger partial charge in [0, 0.05) is 13.1 Å². The van der Waals surface area contributed by atoms with E-state index in [4.69, 9.17) is 0 Å². The van der Waals surface area contributed by atoms with E-state index >= 15 is 0 Å². The summed E-state index contributed by atoms with van der Waals surface area (Å²) in [6.07, 6.45) is 2.54. The second kappa shape index (κ2) is 6.50. The van der Waals surface area contributed by atoms with E-state index in [9.17, 15) is 9.18 Å². The molecule has 1 amide bonds. The van der Waals surface area contributed by atoms with Crippen molar-refractivity contribution in [2.24, 2.45) is 5.92 Å². The molecule has 6 heteroatoms. The number of likely N-dealkylation sites (tertiary alicyclic amines) is 1. The van der Waals surface area contributed by atoms with Crippen LogP contribution in [0, 0.1) is 18.7 Å². The Morgan fingerprint density at radius 3 is 2.96 bits per heavy atom. The second-order valence-corrected chi connectivity index (χ2v) is 5.97. The minimum absolute atomic E-state index is 0.0244. The molecule has 0 aliphatic carbocycles. The molecule has 1 unspecified atom stereocenters. The zero-order valence-electron chi connectivity index (χ0n) is 13.4. The maximum atomic E-state index is 13.9. The fourth-order valence-corrected chi connectivity index (χ4v) is 3.13. The Bertz CT molecular complexity index is 712. The van der Waals surface area contributed by atoms with E-state index in [1.807, 2.05) is 11.9 Å². The highest BCUT2D eigenvalue weighted by Crippen LogP contribution is 2.22. The molecule has 1 atom stereocenters. The fourth-order valence-electron chi connectivity index (χ4n) is 3.13. The Morgan fingerprint density at radius 2 is 2.22 bits per heavy atom. The molecule has 0 spiro atoms. The zero-order chi connectivity index (χ0) is 16.4. The summed E-state index contributed by atoms with van der Waals surface area (Å²) in [7, 11) is 1.92. The number of amides is 1. The molecule has 1 fully saturated rings. The predicted octanol–water partition coefficient (Wildman–Crippen LogP) is 2.00. The number of nitrogens with one attached hydrogen (secondary N) is 1. The van der Waals surface area contributed by atoms with Crippen LogP contribution >= 0.6 is 0 Å². The first-order valence-electron chi connectivity index (χ1n) is 7.85. The van der Waals surface area contributed by atoms with Crippen LogP contribution in [0.25, 0.3) is 5.69 Å². The number of para-hydroxylation sites is 1. The van der Waals surface area contributed by atoms with Gasteiger partial charge in [-0.2, -0.15) is 5.10 Å². The summed E-state index contributed by atoms with van der Waals surface area (Å²) in [5.74, 6) is 0.113. The van der Waals surface area contributed by atoms with Crippen molar-refractivity contribution >= 4 is 5.91 Å². The van der Waals surface area contributed by atoms with E-state index in [0.29, 0.717) is 22.9 Å². The Labute approximate surface area is 135 Å². The molecule has 1 aliphatic rings. The van der Waals surface area contributed by atoms with E-state index < -0.39 is 0 Å². The third kappa shape index (κ3) is 2.99. The summed E-state index contributed by atoms with van der Waals surface area (Å²) in [5.41, 5.74) is 1.56. The lowest BCUT2D eigenvalue weighted by atomic mass is 10.1. The maximum absolute atomic E-state index is 13.9. The molecule has 1 aliphatic heterocycles. The number of hydrogen-bond acceptors (Lipinski definition) is 3. The zero-order valence-corrected chi connectivity index (χ0v) is 13.4. The Balaban J connectivity index is 1.82. The molecule has 1 aromatic heterocycles. The average Bonchev–Trinajstić information content (AvgIpc) is 3.15. The number of aromatic nitrogens is 2. The minimum atomic E-state index is -0.354. The number of nitrogens with zero attached hydrogens (tertiary/aromatic N) is 3. The first-order valence-corrected chi connectivity index (χ1v) is 7.85. The number of hydrogen-bond donors (Lipinski definition) is 1. The molecule has 5 nitrogen and oxygen atoms in total. The SMILES string of the molecule is CNCC1CCN(C(=O)c2cnn(-c3ccccc3F)c2C)C1. The van der Waals surface area contributed by atoms with Crippen molar-refractivity contribution in [3.63, 3.8) is 0 Å². The van der Waals surface area contributed by atoms with Gasteiger partial charge in [-0.1, -0.05) is 12.1 Å². The average molecular weight is 316 g/mol. The van der Waals surface area contributed by atoms with E-state index in [1.165, 1.54) is 16.9 Å². The first-order chi connectivity index (χ1) is 11.1. The van der Waals surface area contributed by atoms with Crippen LogP contribution in [0.5, 0.6) is 0 Å². The maximum Gasteiger partial charge on any atom is 0.257 e. The van der Waals surface area contributed by atoms with E-state index in [2.05, 4.69) is 10.4 Å². The van der Waals surface area contributed by atoms with Crippen LogP contribution < -0.4 is 5.32 Å². The lowest BCUT2D eigenvalue weighted by molar-refractivity contribution is 0.0786. The Hall–Kier alpha value is -2.21. The van der Waals surface area contributed by atoms with Gasteiger partial charge in [0.1, 0.15) is 11.5 Å². The highest BCUT2D eigenvalue weighted by Gasteiger charge is 2.28. The molecule has 1 N–H and O–H groups in total. The summed E-state index contributed by atoms with van der Waals surface area (Å²) < 4.78 is 15.4. The molecule has 0 saturated carbocycles. The molecule has 23 heavy (non-hydrogen) atoms. The minimum Gasteiger partial charge on any atom is -0.338 e. The molecular formula is C17H21FN4O. The molecule has 2 aromatic rings. The van der Waals surface area contributed by atoms with Crippen molar-refractivity contribution in [3.05, 3.63) is 47.5 Å². The second-order valence-electron chi connectivity index (χ2n) is 5.97. The Kier molecular flexibility index (Phi) is 4.43.